The molecule has 0 spiro atoms. The maximum Gasteiger partial charge on any atom is 0.243 e. The van der Waals surface area contributed by atoms with Gasteiger partial charge in [0, 0.05) is 18.7 Å². The first-order chi connectivity index (χ1) is 10.2. The fraction of sp³-hybridized carbons (Fsp3) is 0.429. The molecule has 7 nitrogen and oxygen atoms in total. The van der Waals surface area contributed by atoms with Crippen LogP contribution in [0.1, 0.15) is 12.5 Å². The molecule has 1 aromatic carbocycles. The first-order valence-corrected chi connectivity index (χ1v) is 7.01. The van der Waals surface area contributed by atoms with Crippen molar-refractivity contribution in [2.75, 3.05) is 19.6 Å². The molecule has 0 fully saturated rings. The molecule has 2 rings (SSSR count). The number of aryl methyl sites for hydroxylation is 1. The first-order valence-electron chi connectivity index (χ1n) is 7.01. The Morgan fingerprint density at radius 3 is 2.64 bits per heavy atom. The maximum atomic E-state index is 11.7. The van der Waals surface area contributed by atoms with Crippen LogP contribution in [0.2, 0.25) is 0 Å². The van der Waals surface area contributed by atoms with E-state index in [9.17, 15) is 4.79 Å². The molecule has 2 aromatic rings. The van der Waals surface area contributed by atoms with Crippen LogP contribution in [0.25, 0.3) is 11.4 Å². The molecule has 1 aromatic heterocycles. The number of amides is 1. The number of nitrogens with zero attached hydrogens (tertiary/aromatic N) is 4. The van der Waals surface area contributed by atoms with Crippen LogP contribution in [-0.2, 0) is 11.3 Å². The van der Waals surface area contributed by atoms with Gasteiger partial charge in [-0.2, -0.15) is 4.80 Å². The molecular weight excluding hydrogens is 304 g/mol. The standard InChI is InChI=1S/C14H20N6O.ClH/c1-3-15-8-9-16-13(21)10-20-18-14(17-19-20)12-6-4-11(2)5-7-12;/h4-7,15H,3,8-10H2,1-2H3,(H,16,21);1H. The van der Waals surface area contributed by atoms with E-state index in [-0.39, 0.29) is 24.9 Å². The Kier molecular flexibility index (Phi) is 7.48. The van der Waals surface area contributed by atoms with Gasteiger partial charge in [0.1, 0.15) is 6.54 Å². The quantitative estimate of drug-likeness (QED) is 0.736. The molecule has 0 aliphatic rings. The van der Waals surface area contributed by atoms with E-state index in [0.717, 1.165) is 18.7 Å². The van der Waals surface area contributed by atoms with Gasteiger partial charge in [0.05, 0.1) is 0 Å². The summed E-state index contributed by atoms with van der Waals surface area (Å²) in [5.41, 5.74) is 2.06. The third-order valence-electron chi connectivity index (χ3n) is 2.92. The highest BCUT2D eigenvalue weighted by Gasteiger charge is 2.08. The first kappa shape index (κ1) is 18.1. The van der Waals surface area contributed by atoms with Gasteiger partial charge in [-0.15, -0.1) is 22.6 Å². The molecule has 0 saturated carbocycles. The average Bonchev–Trinajstić information content (AvgIpc) is 2.93. The lowest BCUT2D eigenvalue weighted by molar-refractivity contribution is -0.122. The van der Waals surface area contributed by atoms with Crippen LogP contribution in [0.15, 0.2) is 24.3 Å². The van der Waals surface area contributed by atoms with Crippen molar-refractivity contribution >= 4 is 18.3 Å². The van der Waals surface area contributed by atoms with Crippen molar-refractivity contribution in [3.63, 3.8) is 0 Å². The summed E-state index contributed by atoms with van der Waals surface area (Å²) in [5.74, 6) is 0.399. The van der Waals surface area contributed by atoms with E-state index in [0.29, 0.717) is 12.4 Å². The van der Waals surface area contributed by atoms with E-state index in [2.05, 4.69) is 26.0 Å². The summed E-state index contributed by atoms with van der Waals surface area (Å²) >= 11 is 0. The number of likely N-dealkylation sites (N-methyl/N-ethyl adjacent to an activating group) is 1. The number of carbonyl (C=O) groups is 1. The Bertz CT molecular complexity index is 583. The molecule has 1 heterocycles. The molecular formula is C14H21ClN6O. The van der Waals surface area contributed by atoms with Crippen molar-refractivity contribution in [2.24, 2.45) is 0 Å². The third kappa shape index (κ3) is 5.42. The lowest BCUT2D eigenvalue weighted by atomic mass is 10.1. The van der Waals surface area contributed by atoms with Gasteiger partial charge in [0.15, 0.2) is 0 Å². The number of benzene rings is 1. The largest absolute Gasteiger partial charge is 0.353 e. The normalized spacial score (nSPS) is 10.1. The number of rotatable bonds is 7. The molecule has 22 heavy (non-hydrogen) atoms. The minimum atomic E-state index is -0.124. The number of nitrogens with one attached hydrogen (secondary N) is 2. The fourth-order valence-corrected chi connectivity index (χ4v) is 1.78. The highest BCUT2D eigenvalue weighted by Crippen LogP contribution is 2.13. The average molecular weight is 325 g/mol. The van der Waals surface area contributed by atoms with Gasteiger partial charge in [-0.3, -0.25) is 4.79 Å². The van der Waals surface area contributed by atoms with E-state index >= 15 is 0 Å². The lowest BCUT2D eigenvalue weighted by Gasteiger charge is -2.04. The SMILES string of the molecule is CCNCCNC(=O)Cn1nnc(-c2ccc(C)cc2)n1.Cl. The van der Waals surface area contributed by atoms with Crippen molar-refractivity contribution < 1.29 is 4.79 Å². The second-order valence-corrected chi connectivity index (χ2v) is 4.71. The van der Waals surface area contributed by atoms with Gasteiger partial charge in [-0.25, -0.2) is 0 Å². The van der Waals surface area contributed by atoms with Gasteiger partial charge < -0.3 is 10.6 Å². The minimum Gasteiger partial charge on any atom is -0.353 e. The highest BCUT2D eigenvalue weighted by molar-refractivity contribution is 5.85. The summed E-state index contributed by atoms with van der Waals surface area (Å²) in [5, 5.41) is 18.0. The lowest BCUT2D eigenvalue weighted by Crippen LogP contribution is -2.34. The zero-order valence-corrected chi connectivity index (χ0v) is 13.6. The van der Waals surface area contributed by atoms with Gasteiger partial charge in [-0.1, -0.05) is 36.8 Å². The number of tetrazole rings is 1. The van der Waals surface area contributed by atoms with Crippen LogP contribution in [0, 0.1) is 6.92 Å². The summed E-state index contributed by atoms with van der Waals surface area (Å²) in [4.78, 5) is 13.0. The molecule has 2 N–H and O–H groups in total. The topological polar surface area (TPSA) is 84.7 Å². The number of aromatic nitrogens is 4. The molecule has 0 radical (unpaired) electrons. The van der Waals surface area contributed by atoms with Gasteiger partial charge in [0.25, 0.3) is 0 Å². The Labute approximate surface area is 135 Å². The summed E-state index contributed by atoms with van der Waals surface area (Å²) in [6.45, 7) is 6.35. The number of halogens is 1. The Hall–Kier alpha value is -1.99. The summed E-state index contributed by atoms with van der Waals surface area (Å²) in [6.07, 6.45) is 0. The zero-order valence-electron chi connectivity index (χ0n) is 12.7. The number of carbonyl (C=O) groups excluding carboxylic acids is 1. The second-order valence-electron chi connectivity index (χ2n) is 4.71. The Balaban J connectivity index is 0.00000242. The molecule has 0 unspecified atom stereocenters. The van der Waals surface area contributed by atoms with Crippen LogP contribution in [-0.4, -0.2) is 45.7 Å². The number of hydrogen-bond donors (Lipinski definition) is 2. The fourth-order valence-electron chi connectivity index (χ4n) is 1.78. The minimum absolute atomic E-state index is 0. The van der Waals surface area contributed by atoms with Crippen molar-refractivity contribution in [1.82, 2.24) is 30.8 Å². The Morgan fingerprint density at radius 2 is 1.95 bits per heavy atom. The molecule has 0 bridgehead atoms. The molecule has 0 atom stereocenters. The van der Waals surface area contributed by atoms with E-state index < -0.39 is 0 Å². The summed E-state index contributed by atoms with van der Waals surface area (Å²) < 4.78 is 0. The predicted molar refractivity (Wildman–Crippen MR) is 86.8 cm³/mol. The third-order valence-corrected chi connectivity index (χ3v) is 2.92. The Morgan fingerprint density at radius 1 is 1.23 bits per heavy atom. The van der Waals surface area contributed by atoms with Crippen LogP contribution in [0.4, 0.5) is 0 Å². The van der Waals surface area contributed by atoms with Crippen molar-refractivity contribution in [1.29, 1.82) is 0 Å². The van der Waals surface area contributed by atoms with Gasteiger partial charge in [-0.05, 0) is 18.7 Å². The molecule has 8 heteroatoms. The van der Waals surface area contributed by atoms with Crippen LogP contribution in [0.5, 0.6) is 0 Å². The van der Waals surface area contributed by atoms with E-state index in [4.69, 9.17) is 0 Å². The highest BCUT2D eigenvalue weighted by atomic mass is 35.5. The molecule has 0 saturated heterocycles. The summed E-state index contributed by atoms with van der Waals surface area (Å²) in [6, 6.07) is 7.85. The second kappa shape index (κ2) is 9.11. The monoisotopic (exact) mass is 324 g/mol. The smallest absolute Gasteiger partial charge is 0.243 e. The number of hydrogen-bond acceptors (Lipinski definition) is 5. The van der Waals surface area contributed by atoms with Crippen LogP contribution < -0.4 is 10.6 Å². The zero-order chi connectivity index (χ0) is 15.1. The van der Waals surface area contributed by atoms with Crippen molar-refractivity contribution in [3.8, 4) is 11.4 Å². The van der Waals surface area contributed by atoms with E-state index in [1.807, 2.05) is 38.1 Å². The van der Waals surface area contributed by atoms with Gasteiger partial charge >= 0.3 is 0 Å². The van der Waals surface area contributed by atoms with Crippen molar-refractivity contribution in [2.45, 2.75) is 20.4 Å². The molecule has 1 amide bonds. The molecule has 0 aliphatic carbocycles. The molecule has 0 aliphatic heterocycles. The van der Waals surface area contributed by atoms with E-state index in [1.54, 1.807) is 0 Å². The van der Waals surface area contributed by atoms with Crippen LogP contribution in [0.3, 0.4) is 0 Å². The van der Waals surface area contributed by atoms with Gasteiger partial charge in [0.2, 0.25) is 11.7 Å². The predicted octanol–water partition coefficient (Wildman–Crippen LogP) is 0.796. The van der Waals surface area contributed by atoms with Crippen LogP contribution >= 0.6 is 12.4 Å². The summed E-state index contributed by atoms with van der Waals surface area (Å²) in [7, 11) is 0. The molecule has 120 valence electrons. The van der Waals surface area contributed by atoms with Crippen molar-refractivity contribution in [3.05, 3.63) is 29.8 Å². The maximum absolute atomic E-state index is 11.7. The van der Waals surface area contributed by atoms with E-state index in [1.165, 1.54) is 10.4 Å².